The lowest BCUT2D eigenvalue weighted by Crippen LogP contribution is -2.23. The third-order valence-corrected chi connectivity index (χ3v) is 5.59. The first-order chi connectivity index (χ1) is 13.8. The van der Waals surface area contributed by atoms with Crippen LogP contribution in [0.1, 0.15) is 18.1 Å². The van der Waals surface area contributed by atoms with Gasteiger partial charge in [-0.15, -0.1) is 5.10 Å². The highest BCUT2D eigenvalue weighted by Gasteiger charge is 2.21. The number of halogens is 1. The summed E-state index contributed by atoms with van der Waals surface area (Å²) in [6.07, 6.45) is 0. The van der Waals surface area contributed by atoms with Crippen LogP contribution in [0.5, 0.6) is 0 Å². The number of anilines is 1. The number of non-ortho nitro benzene ring substituents is 1. The van der Waals surface area contributed by atoms with Crippen molar-refractivity contribution in [3.8, 4) is 5.69 Å². The van der Waals surface area contributed by atoms with Gasteiger partial charge >= 0.3 is 0 Å². The fraction of sp³-hybridized carbons (Fsp3) is 0.222. The molecule has 1 amide bonds. The minimum absolute atomic E-state index is 0.0877. The summed E-state index contributed by atoms with van der Waals surface area (Å²) in [7, 11) is 0. The predicted molar refractivity (Wildman–Crippen MR) is 111 cm³/mol. The Kier molecular flexibility index (Phi) is 6.14. The van der Waals surface area contributed by atoms with E-state index in [-0.39, 0.29) is 16.6 Å². The molecule has 0 saturated heterocycles. The number of tetrazole rings is 1. The van der Waals surface area contributed by atoms with E-state index in [1.807, 2.05) is 32.0 Å². The van der Waals surface area contributed by atoms with Crippen LogP contribution in [0.25, 0.3) is 5.69 Å². The molecule has 0 radical (unpaired) electrons. The zero-order valence-corrected chi connectivity index (χ0v) is 17.4. The van der Waals surface area contributed by atoms with Gasteiger partial charge in [-0.1, -0.05) is 29.4 Å². The van der Waals surface area contributed by atoms with Crippen molar-refractivity contribution in [1.82, 2.24) is 20.2 Å². The molecule has 0 aliphatic carbocycles. The van der Waals surface area contributed by atoms with Gasteiger partial charge in [0.1, 0.15) is 0 Å². The Labute approximate surface area is 175 Å². The second kappa shape index (κ2) is 8.58. The molecule has 0 aliphatic heterocycles. The topological polar surface area (TPSA) is 116 Å². The van der Waals surface area contributed by atoms with Crippen LogP contribution in [-0.2, 0) is 4.79 Å². The zero-order valence-electron chi connectivity index (χ0n) is 15.8. The van der Waals surface area contributed by atoms with Crippen molar-refractivity contribution in [2.24, 2.45) is 0 Å². The van der Waals surface area contributed by atoms with Gasteiger partial charge in [0.25, 0.3) is 5.69 Å². The number of thioether (sulfide) groups is 1. The third kappa shape index (κ3) is 4.72. The van der Waals surface area contributed by atoms with Gasteiger partial charge in [-0.2, -0.15) is 4.68 Å². The van der Waals surface area contributed by atoms with Crippen molar-refractivity contribution >= 4 is 40.6 Å². The molecular formula is C18H17ClN6O3S. The van der Waals surface area contributed by atoms with Crippen LogP contribution in [0.4, 0.5) is 11.4 Å². The van der Waals surface area contributed by atoms with Gasteiger partial charge < -0.3 is 5.32 Å². The molecular weight excluding hydrogens is 416 g/mol. The molecule has 0 fully saturated rings. The number of benzene rings is 2. The van der Waals surface area contributed by atoms with E-state index in [0.29, 0.717) is 10.8 Å². The maximum atomic E-state index is 12.6. The van der Waals surface area contributed by atoms with Gasteiger partial charge in [0, 0.05) is 12.1 Å². The minimum atomic E-state index is -0.553. The lowest BCUT2D eigenvalue weighted by molar-refractivity contribution is -0.384. The predicted octanol–water partition coefficient (Wildman–Crippen LogP) is 3.96. The molecule has 9 nitrogen and oxygen atoms in total. The highest BCUT2D eigenvalue weighted by molar-refractivity contribution is 8.00. The van der Waals surface area contributed by atoms with Crippen molar-refractivity contribution in [1.29, 1.82) is 0 Å². The largest absolute Gasteiger partial charge is 0.324 e. The minimum Gasteiger partial charge on any atom is -0.324 e. The molecule has 3 aromatic rings. The number of carbonyl (C=O) groups excluding carboxylic acids is 1. The van der Waals surface area contributed by atoms with Crippen molar-refractivity contribution in [3.05, 3.63) is 62.7 Å². The summed E-state index contributed by atoms with van der Waals surface area (Å²) >= 11 is 7.22. The van der Waals surface area contributed by atoms with Gasteiger partial charge in [-0.25, -0.2) is 0 Å². The number of hydrogen-bond donors (Lipinski definition) is 1. The number of nitrogens with one attached hydrogen (secondary N) is 1. The second-order valence-electron chi connectivity index (χ2n) is 6.31. The van der Waals surface area contributed by atoms with E-state index in [9.17, 15) is 14.9 Å². The third-order valence-electron chi connectivity index (χ3n) is 4.25. The van der Waals surface area contributed by atoms with Crippen molar-refractivity contribution in [3.63, 3.8) is 0 Å². The lowest BCUT2D eigenvalue weighted by Gasteiger charge is -2.13. The SMILES string of the molecule is Cc1ccc(-n2nnnc2SC(C)C(=O)Nc2ccc([N+](=O)[O-])cc2Cl)cc1C. The average molecular weight is 433 g/mol. The number of nitro groups is 1. The molecule has 11 heteroatoms. The summed E-state index contributed by atoms with van der Waals surface area (Å²) in [5, 5.41) is 25.2. The summed E-state index contributed by atoms with van der Waals surface area (Å²) in [5.74, 6) is -0.333. The summed E-state index contributed by atoms with van der Waals surface area (Å²) < 4.78 is 1.57. The quantitative estimate of drug-likeness (QED) is 0.356. The Hall–Kier alpha value is -2.98. The monoisotopic (exact) mass is 432 g/mol. The van der Waals surface area contributed by atoms with E-state index in [0.717, 1.165) is 16.8 Å². The summed E-state index contributed by atoms with van der Waals surface area (Å²) in [5.41, 5.74) is 3.20. The van der Waals surface area contributed by atoms with E-state index < -0.39 is 10.2 Å². The number of nitro benzene ring substituents is 1. The molecule has 0 bridgehead atoms. The molecule has 1 heterocycles. The molecule has 150 valence electrons. The molecule has 3 rings (SSSR count). The lowest BCUT2D eigenvalue weighted by atomic mass is 10.1. The van der Waals surface area contributed by atoms with Crippen LogP contribution in [0, 0.1) is 24.0 Å². The summed E-state index contributed by atoms with van der Waals surface area (Å²) in [6, 6.07) is 9.72. The normalized spacial score (nSPS) is 11.9. The van der Waals surface area contributed by atoms with E-state index in [2.05, 4.69) is 20.8 Å². The smallest absolute Gasteiger partial charge is 0.271 e. The van der Waals surface area contributed by atoms with Crippen LogP contribution in [0.2, 0.25) is 5.02 Å². The molecule has 1 N–H and O–H groups in total. The van der Waals surface area contributed by atoms with E-state index in [1.54, 1.807) is 11.6 Å². The molecule has 1 atom stereocenters. The van der Waals surface area contributed by atoms with Crippen molar-refractivity contribution in [2.75, 3.05) is 5.32 Å². The number of amides is 1. The number of aryl methyl sites for hydroxylation is 2. The van der Waals surface area contributed by atoms with E-state index in [1.165, 1.54) is 30.0 Å². The number of hydrogen-bond acceptors (Lipinski definition) is 7. The Morgan fingerprint density at radius 2 is 2.00 bits per heavy atom. The van der Waals surface area contributed by atoms with Gasteiger partial charge in [-0.05, 0) is 60.5 Å². The van der Waals surface area contributed by atoms with Gasteiger partial charge in [0.2, 0.25) is 11.1 Å². The maximum Gasteiger partial charge on any atom is 0.271 e. The number of carbonyl (C=O) groups is 1. The molecule has 0 saturated carbocycles. The van der Waals surface area contributed by atoms with Gasteiger partial charge in [0.15, 0.2) is 0 Å². The van der Waals surface area contributed by atoms with Crippen molar-refractivity contribution < 1.29 is 9.72 Å². The van der Waals surface area contributed by atoms with Crippen LogP contribution >= 0.6 is 23.4 Å². The first-order valence-electron chi connectivity index (χ1n) is 8.53. The fourth-order valence-electron chi connectivity index (χ4n) is 2.44. The van der Waals surface area contributed by atoms with Crippen LogP contribution in [0.3, 0.4) is 0 Å². The summed E-state index contributed by atoms with van der Waals surface area (Å²) in [6.45, 7) is 5.73. The number of nitrogens with zero attached hydrogens (tertiary/aromatic N) is 5. The molecule has 2 aromatic carbocycles. The first kappa shape index (κ1) is 20.7. The van der Waals surface area contributed by atoms with Crippen LogP contribution in [-0.4, -0.2) is 36.3 Å². The number of rotatable bonds is 6. The Balaban J connectivity index is 1.73. The Bertz CT molecular complexity index is 1090. The molecule has 1 aromatic heterocycles. The van der Waals surface area contributed by atoms with E-state index in [4.69, 9.17) is 11.6 Å². The number of aromatic nitrogens is 4. The standard InChI is InChI=1S/C18H17ClN6O3S/c1-10-4-5-13(8-11(10)2)24-18(21-22-23-24)29-12(3)17(26)20-16-7-6-14(25(27)28)9-15(16)19/h4-9,12H,1-3H3,(H,20,26). The van der Waals surface area contributed by atoms with E-state index >= 15 is 0 Å². The van der Waals surface area contributed by atoms with Gasteiger partial charge in [0.05, 0.1) is 26.6 Å². The van der Waals surface area contributed by atoms with Gasteiger partial charge in [-0.3, -0.25) is 14.9 Å². The first-order valence-corrected chi connectivity index (χ1v) is 9.79. The maximum absolute atomic E-state index is 12.6. The molecule has 29 heavy (non-hydrogen) atoms. The highest BCUT2D eigenvalue weighted by atomic mass is 35.5. The second-order valence-corrected chi connectivity index (χ2v) is 8.03. The zero-order chi connectivity index (χ0) is 21.1. The van der Waals surface area contributed by atoms with Crippen LogP contribution in [0.15, 0.2) is 41.6 Å². The Morgan fingerprint density at radius 1 is 1.24 bits per heavy atom. The highest BCUT2D eigenvalue weighted by Crippen LogP contribution is 2.29. The average Bonchev–Trinajstić information content (AvgIpc) is 3.13. The van der Waals surface area contributed by atoms with Crippen LogP contribution < -0.4 is 5.32 Å². The molecule has 1 unspecified atom stereocenters. The van der Waals surface area contributed by atoms with Crippen molar-refractivity contribution in [2.45, 2.75) is 31.2 Å². The molecule has 0 aliphatic rings. The fourth-order valence-corrected chi connectivity index (χ4v) is 3.47. The Morgan fingerprint density at radius 3 is 2.66 bits per heavy atom. The molecule has 0 spiro atoms. The summed E-state index contributed by atoms with van der Waals surface area (Å²) in [4.78, 5) is 22.8.